The van der Waals surface area contributed by atoms with Gasteiger partial charge in [-0.2, -0.15) is 8.42 Å². The summed E-state index contributed by atoms with van der Waals surface area (Å²) in [6.45, 7) is 4.01. The third kappa shape index (κ3) is 5.48. The first kappa shape index (κ1) is 17.7. The van der Waals surface area contributed by atoms with Crippen LogP contribution in [-0.2, 0) is 16.5 Å². The summed E-state index contributed by atoms with van der Waals surface area (Å²) in [7, 11) is -4.08. The van der Waals surface area contributed by atoms with Gasteiger partial charge in [0.25, 0.3) is 10.1 Å². The lowest BCUT2D eigenvalue weighted by Crippen LogP contribution is -2.12. The monoisotopic (exact) mass is 332 g/mol. The Bertz CT molecular complexity index is 716. The molecule has 3 nitrogen and oxygen atoms in total. The van der Waals surface area contributed by atoms with Crippen LogP contribution in [0.5, 0.6) is 0 Å². The predicted octanol–water partition coefficient (Wildman–Crippen LogP) is 4.65. The number of aryl methyl sites for hydroxylation is 3. The molecule has 4 heteroatoms. The molecule has 1 N–H and O–H groups in total. The van der Waals surface area contributed by atoms with E-state index in [1.54, 1.807) is 12.1 Å². The van der Waals surface area contributed by atoms with Gasteiger partial charge in [0.15, 0.2) is 0 Å². The zero-order valence-electron chi connectivity index (χ0n) is 13.7. The Hall–Kier alpha value is -1.65. The number of unbranched alkanes of at least 4 members (excludes halogenated alkanes) is 1. The van der Waals surface area contributed by atoms with Crippen molar-refractivity contribution in [2.45, 2.75) is 44.8 Å². The van der Waals surface area contributed by atoms with E-state index in [9.17, 15) is 13.0 Å². The number of hydrogen-bond acceptors (Lipinski definition) is 2. The zero-order valence-corrected chi connectivity index (χ0v) is 14.5. The van der Waals surface area contributed by atoms with Crippen molar-refractivity contribution in [3.63, 3.8) is 0 Å². The molecule has 1 unspecified atom stereocenters. The van der Waals surface area contributed by atoms with Crippen LogP contribution in [0, 0.1) is 13.8 Å². The van der Waals surface area contributed by atoms with E-state index in [2.05, 4.69) is 31.2 Å². The molecule has 0 radical (unpaired) electrons. The minimum Gasteiger partial charge on any atom is -0.285 e. The maximum Gasteiger partial charge on any atom is 0.271 e. The highest BCUT2D eigenvalue weighted by molar-refractivity contribution is 7.86. The van der Waals surface area contributed by atoms with Crippen LogP contribution in [-0.4, -0.2) is 13.0 Å². The van der Waals surface area contributed by atoms with E-state index in [0.717, 1.165) is 24.8 Å². The molecule has 23 heavy (non-hydrogen) atoms. The molecule has 124 valence electrons. The predicted molar refractivity (Wildman–Crippen MR) is 94.2 cm³/mol. The minimum atomic E-state index is -4.08. The van der Waals surface area contributed by atoms with Crippen LogP contribution < -0.4 is 0 Å². The van der Waals surface area contributed by atoms with Gasteiger partial charge in [-0.05, 0) is 44.2 Å². The first-order valence-corrected chi connectivity index (χ1v) is 9.45. The smallest absolute Gasteiger partial charge is 0.271 e. The van der Waals surface area contributed by atoms with Gasteiger partial charge in [0.1, 0.15) is 5.25 Å². The summed E-state index contributed by atoms with van der Waals surface area (Å²) >= 11 is 0. The second kappa shape index (κ2) is 7.75. The molecular weight excluding hydrogens is 308 g/mol. The standard InChI is InChI=1S/C19H24O3S/c1-15-7-11-17(12-8-15)5-3-4-6-19(23(20,21)22)18-13-9-16(2)10-14-18/h7-14,19H,3-6H2,1-2H3,(H,20,21,22). The summed E-state index contributed by atoms with van der Waals surface area (Å²) in [5.74, 6) is 0. The highest BCUT2D eigenvalue weighted by Gasteiger charge is 2.24. The fourth-order valence-electron chi connectivity index (χ4n) is 2.68. The molecule has 0 aromatic heterocycles. The Morgan fingerprint density at radius 1 is 0.870 bits per heavy atom. The number of benzene rings is 2. The van der Waals surface area contributed by atoms with Gasteiger partial charge in [0.2, 0.25) is 0 Å². The van der Waals surface area contributed by atoms with E-state index in [0.29, 0.717) is 12.0 Å². The topological polar surface area (TPSA) is 54.4 Å². The van der Waals surface area contributed by atoms with Gasteiger partial charge in [-0.25, -0.2) is 0 Å². The normalized spacial score (nSPS) is 13.0. The summed E-state index contributed by atoms with van der Waals surface area (Å²) in [5, 5.41) is -0.832. The van der Waals surface area contributed by atoms with Crippen LogP contribution in [0.25, 0.3) is 0 Å². The molecule has 0 aliphatic carbocycles. The van der Waals surface area contributed by atoms with Crippen molar-refractivity contribution in [3.05, 3.63) is 70.8 Å². The first-order chi connectivity index (χ1) is 10.9. The highest BCUT2D eigenvalue weighted by Crippen LogP contribution is 2.27. The Morgan fingerprint density at radius 2 is 1.39 bits per heavy atom. The molecule has 2 rings (SSSR count). The van der Waals surface area contributed by atoms with Gasteiger partial charge in [-0.1, -0.05) is 66.1 Å². The van der Waals surface area contributed by atoms with Crippen molar-refractivity contribution in [1.29, 1.82) is 0 Å². The third-order valence-electron chi connectivity index (χ3n) is 4.11. The van der Waals surface area contributed by atoms with Gasteiger partial charge in [-0.15, -0.1) is 0 Å². The van der Waals surface area contributed by atoms with E-state index >= 15 is 0 Å². The van der Waals surface area contributed by atoms with E-state index in [-0.39, 0.29) is 0 Å². The van der Waals surface area contributed by atoms with Crippen LogP contribution in [0.2, 0.25) is 0 Å². The molecule has 0 amide bonds. The zero-order chi connectivity index (χ0) is 16.9. The largest absolute Gasteiger partial charge is 0.285 e. The molecule has 2 aromatic carbocycles. The number of hydrogen-bond donors (Lipinski definition) is 1. The van der Waals surface area contributed by atoms with Crippen LogP contribution >= 0.6 is 0 Å². The van der Waals surface area contributed by atoms with Crippen LogP contribution in [0.15, 0.2) is 48.5 Å². The van der Waals surface area contributed by atoms with Gasteiger partial charge in [-0.3, -0.25) is 4.55 Å². The van der Waals surface area contributed by atoms with E-state index in [1.165, 1.54) is 11.1 Å². The van der Waals surface area contributed by atoms with Gasteiger partial charge >= 0.3 is 0 Å². The molecular formula is C19H24O3S. The maximum absolute atomic E-state index is 11.7. The Balaban J connectivity index is 1.94. The molecule has 0 aliphatic rings. The molecule has 0 aliphatic heterocycles. The van der Waals surface area contributed by atoms with Gasteiger partial charge in [0.05, 0.1) is 0 Å². The highest BCUT2D eigenvalue weighted by atomic mass is 32.2. The van der Waals surface area contributed by atoms with E-state index in [1.807, 2.05) is 19.1 Å². The maximum atomic E-state index is 11.7. The quantitative estimate of drug-likeness (QED) is 0.593. The van der Waals surface area contributed by atoms with Crippen molar-refractivity contribution in [3.8, 4) is 0 Å². The first-order valence-electron chi connectivity index (χ1n) is 7.94. The SMILES string of the molecule is Cc1ccc(CCCCC(c2ccc(C)cc2)S(=O)(=O)O)cc1. The summed E-state index contributed by atoms with van der Waals surface area (Å²) in [5.41, 5.74) is 4.23. The Morgan fingerprint density at radius 3 is 1.91 bits per heavy atom. The lowest BCUT2D eigenvalue weighted by Gasteiger charge is -2.14. The van der Waals surface area contributed by atoms with Crippen LogP contribution in [0.4, 0.5) is 0 Å². The molecule has 0 spiro atoms. The molecule has 0 heterocycles. The molecule has 2 aromatic rings. The minimum absolute atomic E-state index is 0.438. The lowest BCUT2D eigenvalue weighted by atomic mass is 10.0. The fourth-order valence-corrected chi connectivity index (χ4v) is 3.65. The van der Waals surface area contributed by atoms with Crippen molar-refractivity contribution in [2.75, 3.05) is 0 Å². The molecule has 0 bridgehead atoms. The van der Waals surface area contributed by atoms with Crippen molar-refractivity contribution in [2.24, 2.45) is 0 Å². The summed E-state index contributed by atoms with van der Waals surface area (Å²) in [6.07, 6.45) is 3.02. The van der Waals surface area contributed by atoms with Crippen LogP contribution in [0.1, 0.15) is 46.8 Å². The van der Waals surface area contributed by atoms with E-state index in [4.69, 9.17) is 0 Å². The van der Waals surface area contributed by atoms with Crippen molar-refractivity contribution < 1.29 is 13.0 Å². The molecule has 0 saturated carbocycles. The summed E-state index contributed by atoms with van der Waals surface area (Å²) < 4.78 is 32.9. The van der Waals surface area contributed by atoms with Crippen molar-refractivity contribution in [1.82, 2.24) is 0 Å². The summed E-state index contributed by atoms with van der Waals surface area (Å²) in [6, 6.07) is 15.7. The average Bonchev–Trinajstić information content (AvgIpc) is 2.49. The molecule has 1 atom stereocenters. The second-order valence-electron chi connectivity index (χ2n) is 6.15. The van der Waals surface area contributed by atoms with E-state index < -0.39 is 15.4 Å². The second-order valence-corrected chi connectivity index (χ2v) is 7.74. The van der Waals surface area contributed by atoms with Crippen molar-refractivity contribution >= 4 is 10.1 Å². The average molecular weight is 332 g/mol. The summed E-state index contributed by atoms with van der Waals surface area (Å²) in [4.78, 5) is 0. The van der Waals surface area contributed by atoms with Crippen LogP contribution in [0.3, 0.4) is 0 Å². The number of rotatable bonds is 7. The molecule has 0 saturated heterocycles. The third-order valence-corrected chi connectivity index (χ3v) is 5.34. The fraction of sp³-hybridized carbons (Fsp3) is 0.368. The molecule has 0 fully saturated rings. The lowest BCUT2D eigenvalue weighted by molar-refractivity contribution is 0.460. The van der Waals surface area contributed by atoms with Gasteiger partial charge in [0, 0.05) is 0 Å². The Labute approximate surface area is 139 Å². The van der Waals surface area contributed by atoms with Gasteiger partial charge < -0.3 is 0 Å². The Kier molecular flexibility index (Phi) is 5.97.